The van der Waals surface area contributed by atoms with Gasteiger partial charge in [0.05, 0.1) is 6.54 Å². The van der Waals surface area contributed by atoms with E-state index in [1.54, 1.807) is 11.8 Å². The molecular weight excluding hydrogens is 444 g/mol. The van der Waals surface area contributed by atoms with Gasteiger partial charge in [0, 0.05) is 23.2 Å². The molecule has 2 amide bonds. The van der Waals surface area contributed by atoms with E-state index in [-0.39, 0.29) is 12.2 Å². The lowest BCUT2D eigenvalue weighted by molar-refractivity contribution is 0.251. The van der Waals surface area contributed by atoms with Crippen molar-refractivity contribution in [3.8, 4) is 5.69 Å². The highest BCUT2D eigenvalue weighted by atomic mass is 32.2. The number of benzene rings is 3. The molecule has 3 aromatic carbocycles. The topological polar surface area (TPSA) is 71.8 Å². The van der Waals surface area contributed by atoms with Gasteiger partial charge in [-0.1, -0.05) is 59.8 Å². The quantitative estimate of drug-likeness (QED) is 0.355. The molecule has 168 valence electrons. The predicted octanol–water partition coefficient (Wildman–Crippen LogP) is 5.47. The summed E-state index contributed by atoms with van der Waals surface area (Å²) < 4.78 is 28.4. The van der Waals surface area contributed by atoms with Gasteiger partial charge in [-0.3, -0.25) is 4.57 Å². The van der Waals surface area contributed by atoms with Crippen LogP contribution in [0.3, 0.4) is 0 Å². The first-order valence-electron chi connectivity index (χ1n) is 10.2. The molecule has 0 saturated heterocycles. The summed E-state index contributed by atoms with van der Waals surface area (Å²) in [5.74, 6) is -0.760. The van der Waals surface area contributed by atoms with Gasteiger partial charge in [0.2, 0.25) is 0 Å². The van der Waals surface area contributed by atoms with Crippen LogP contribution in [0.4, 0.5) is 19.3 Å². The molecule has 0 aliphatic rings. The SMILES string of the molecule is Cc1ccc(-n2c(CNC(=O)Nc3ccc(F)c(F)c3)nnc2SCc2ccccc2)cc1. The first-order valence-corrected chi connectivity index (χ1v) is 11.2. The number of nitrogens with one attached hydrogen (secondary N) is 2. The molecule has 1 aromatic heterocycles. The normalized spacial score (nSPS) is 10.8. The molecule has 0 atom stereocenters. The number of aryl methyl sites for hydroxylation is 1. The maximum Gasteiger partial charge on any atom is 0.319 e. The zero-order valence-corrected chi connectivity index (χ0v) is 18.6. The van der Waals surface area contributed by atoms with Crippen molar-refractivity contribution in [2.45, 2.75) is 24.4 Å². The van der Waals surface area contributed by atoms with Crippen molar-refractivity contribution < 1.29 is 13.6 Å². The summed E-state index contributed by atoms with van der Waals surface area (Å²) >= 11 is 1.54. The Morgan fingerprint density at radius 2 is 1.73 bits per heavy atom. The van der Waals surface area contributed by atoms with Crippen LogP contribution in [-0.2, 0) is 12.3 Å². The smallest absolute Gasteiger partial charge is 0.319 e. The molecule has 6 nitrogen and oxygen atoms in total. The van der Waals surface area contributed by atoms with Crippen molar-refractivity contribution in [3.63, 3.8) is 0 Å². The van der Waals surface area contributed by atoms with Gasteiger partial charge in [0.15, 0.2) is 22.6 Å². The Morgan fingerprint density at radius 1 is 0.970 bits per heavy atom. The van der Waals surface area contributed by atoms with E-state index in [2.05, 4.69) is 20.8 Å². The Morgan fingerprint density at radius 3 is 2.45 bits per heavy atom. The third-order valence-electron chi connectivity index (χ3n) is 4.79. The summed E-state index contributed by atoms with van der Waals surface area (Å²) in [4.78, 5) is 12.3. The first-order chi connectivity index (χ1) is 16.0. The number of nitrogens with zero attached hydrogens (tertiary/aromatic N) is 3. The van der Waals surface area contributed by atoms with E-state index in [0.29, 0.717) is 11.0 Å². The second-order valence-electron chi connectivity index (χ2n) is 7.28. The number of hydrogen-bond donors (Lipinski definition) is 2. The van der Waals surface area contributed by atoms with Crippen LogP contribution in [0.25, 0.3) is 5.69 Å². The van der Waals surface area contributed by atoms with E-state index in [9.17, 15) is 13.6 Å². The van der Waals surface area contributed by atoms with E-state index in [0.717, 1.165) is 34.7 Å². The summed E-state index contributed by atoms with van der Waals surface area (Å²) in [6, 6.07) is 20.5. The zero-order chi connectivity index (χ0) is 23.2. The van der Waals surface area contributed by atoms with Crippen molar-refractivity contribution in [3.05, 3.63) is 101 Å². The van der Waals surface area contributed by atoms with E-state index in [1.807, 2.05) is 66.1 Å². The molecule has 0 aliphatic carbocycles. The number of rotatable bonds is 7. The summed E-state index contributed by atoms with van der Waals surface area (Å²) in [6.07, 6.45) is 0. The molecular formula is C24H21F2N5OS. The molecule has 0 bridgehead atoms. The number of halogens is 2. The lowest BCUT2D eigenvalue weighted by atomic mass is 10.2. The Balaban J connectivity index is 1.50. The summed E-state index contributed by atoms with van der Waals surface area (Å²) in [7, 11) is 0. The van der Waals surface area contributed by atoms with Gasteiger partial charge in [0.1, 0.15) is 0 Å². The van der Waals surface area contributed by atoms with Crippen LogP contribution >= 0.6 is 11.8 Å². The summed E-state index contributed by atoms with van der Waals surface area (Å²) in [6.45, 7) is 2.09. The molecule has 0 saturated carbocycles. The van der Waals surface area contributed by atoms with Crippen molar-refractivity contribution in [2.24, 2.45) is 0 Å². The third-order valence-corrected chi connectivity index (χ3v) is 5.79. The Hall–Kier alpha value is -3.72. The van der Waals surface area contributed by atoms with E-state index in [4.69, 9.17) is 0 Å². The number of anilines is 1. The fourth-order valence-electron chi connectivity index (χ4n) is 3.09. The fourth-order valence-corrected chi connectivity index (χ4v) is 4.02. The minimum Gasteiger partial charge on any atom is -0.331 e. The van der Waals surface area contributed by atoms with Crippen LogP contribution in [0.15, 0.2) is 78.0 Å². The van der Waals surface area contributed by atoms with Crippen molar-refractivity contribution in [2.75, 3.05) is 5.32 Å². The molecule has 4 rings (SSSR count). The minimum absolute atomic E-state index is 0.0856. The molecule has 33 heavy (non-hydrogen) atoms. The van der Waals surface area contributed by atoms with E-state index < -0.39 is 17.7 Å². The molecule has 1 heterocycles. The van der Waals surface area contributed by atoms with Crippen LogP contribution in [0.2, 0.25) is 0 Å². The number of carbonyl (C=O) groups excluding carboxylic acids is 1. The van der Waals surface area contributed by atoms with Gasteiger partial charge in [-0.25, -0.2) is 13.6 Å². The fraction of sp³-hybridized carbons (Fsp3) is 0.125. The van der Waals surface area contributed by atoms with Gasteiger partial charge in [-0.15, -0.1) is 10.2 Å². The van der Waals surface area contributed by atoms with E-state index in [1.165, 1.54) is 6.07 Å². The lowest BCUT2D eigenvalue weighted by Crippen LogP contribution is -2.29. The molecule has 0 spiro atoms. The van der Waals surface area contributed by atoms with Crippen molar-refractivity contribution >= 4 is 23.5 Å². The Kier molecular flexibility index (Phi) is 6.99. The third kappa shape index (κ3) is 5.75. The first kappa shape index (κ1) is 22.5. The van der Waals surface area contributed by atoms with Gasteiger partial charge >= 0.3 is 6.03 Å². The molecule has 0 aliphatic heterocycles. The zero-order valence-electron chi connectivity index (χ0n) is 17.8. The molecule has 9 heteroatoms. The number of carbonyl (C=O) groups is 1. The van der Waals surface area contributed by atoms with E-state index >= 15 is 0 Å². The highest BCUT2D eigenvalue weighted by Gasteiger charge is 2.16. The average Bonchev–Trinajstić information content (AvgIpc) is 3.23. The van der Waals surface area contributed by atoms with Gasteiger partial charge < -0.3 is 10.6 Å². The highest BCUT2D eigenvalue weighted by Crippen LogP contribution is 2.25. The average molecular weight is 466 g/mol. The lowest BCUT2D eigenvalue weighted by Gasteiger charge is -2.12. The molecule has 0 radical (unpaired) electrons. The molecule has 2 N–H and O–H groups in total. The number of hydrogen-bond acceptors (Lipinski definition) is 4. The van der Waals surface area contributed by atoms with Gasteiger partial charge in [0.25, 0.3) is 0 Å². The number of amides is 2. The predicted molar refractivity (Wildman–Crippen MR) is 124 cm³/mol. The van der Waals surface area contributed by atoms with Crippen LogP contribution in [0, 0.1) is 18.6 Å². The second kappa shape index (κ2) is 10.3. The summed E-state index contributed by atoms with van der Waals surface area (Å²) in [5, 5.41) is 14.5. The number of aromatic nitrogens is 3. The molecule has 0 unspecified atom stereocenters. The number of urea groups is 1. The maximum atomic E-state index is 13.4. The van der Waals surface area contributed by atoms with Crippen LogP contribution < -0.4 is 10.6 Å². The van der Waals surface area contributed by atoms with Crippen molar-refractivity contribution in [1.82, 2.24) is 20.1 Å². The molecule has 0 fully saturated rings. The Bertz CT molecular complexity index is 1250. The summed E-state index contributed by atoms with van der Waals surface area (Å²) in [5.41, 5.74) is 3.30. The second-order valence-corrected chi connectivity index (χ2v) is 8.22. The number of thioether (sulfide) groups is 1. The highest BCUT2D eigenvalue weighted by molar-refractivity contribution is 7.98. The van der Waals surface area contributed by atoms with Crippen LogP contribution in [-0.4, -0.2) is 20.8 Å². The standard InChI is InChI=1S/C24H21F2N5OS/c1-16-7-10-19(11-8-16)31-22(29-30-24(31)33-15-17-5-3-2-4-6-17)14-27-23(32)28-18-9-12-20(25)21(26)13-18/h2-13H,14-15H2,1H3,(H2,27,28,32). The minimum atomic E-state index is -1.04. The van der Waals surface area contributed by atoms with Crippen molar-refractivity contribution in [1.29, 1.82) is 0 Å². The molecule has 4 aromatic rings. The van der Waals surface area contributed by atoms with Gasteiger partial charge in [-0.2, -0.15) is 0 Å². The largest absolute Gasteiger partial charge is 0.331 e. The van der Waals surface area contributed by atoms with Crippen LogP contribution in [0.5, 0.6) is 0 Å². The Labute approximate surface area is 194 Å². The monoisotopic (exact) mass is 465 g/mol. The van der Waals surface area contributed by atoms with Gasteiger partial charge in [-0.05, 0) is 36.8 Å². The maximum absolute atomic E-state index is 13.4. The van der Waals surface area contributed by atoms with Crippen LogP contribution in [0.1, 0.15) is 17.0 Å².